The van der Waals surface area contributed by atoms with Crippen LogP contribution in [0, 0.1) is 5.92 Å². The van der Waals surface area contributed by atoms with Crippen molar-refractivity contribution in [1.29, 1.82) is 0 Å². The maximum Gasteiger partial charge on any atom is 0.303 e. The fourth-order valence-corrected chi connectivity index (χ4v) is 2.39. The number of aromatic nitrogens is 1. The van der Waals surface area contributed by atoms with Gasteiger partial charge < -0.3 is 15.7 Å². The summed E-state index contributed by atoms with van der Waals surface area (Å²) in [6.45, 7) is 1.58. The molecule has 1 aliphatic heterocycles. The number of hydrogen-bond acceptors (Lipinski definition) is 4. The molecular formula is C13H17N3O3. The zero-order chi connectivity index (χ0) is 13.8. The van der Waals surface area contributed by atoms with E-state index in [0.29, 0.717) is 0 Å². The number of carboxylic acids is 1. The molecule has 1 aromatic rings. The van der Waals surface area contributed by atoms with Crippen molar-refractivity contribution >= 4 is 17.6 Å². The fraction of sp³-hybridized carbons (Fsp3) is 0.462. The van der Waals surface area contributed by atoms with E-state index in [1.54, 1.807) is 12.3 Å². The lowest BCUT2D eigenvalue weighted by molar-refractivity contribution is -0.138. The van der Waals surface area contributed by atoms with Gasteiger partial charge in [-0.25, -0.2) is 0 Å². The lowest BCUT2D eigenvalue weighted by Gasteiger charge is -2.33. The molecule has 0 saturated carbocycles. The van der Waals surface area contributed by atoms with Crippen molar-refractivity contribution in [3.8, 4) is 0 Å². The number of anilines is 1. The molecule has 0 bridgehead atoms. The standard InChI is InChI=1S/C13H17N3O3/c14-13(19)11-8-10(1-4-15-11)16-5-2-9(3-6-16)7-12(17)18/h1,4,8-9H,2-3,5-7H2,(H2,14,19)(H,17,18). The highest BCUT2D eigenvalue weighted by Crippen LogP contribution is 2.25. The van der Waals surface area contributed by atoms with E-state index in [9.17, 15) is 9.59 Å². The van der Waals surface area contributed by atoms with E-state index in [1.807, 2.05) is 6.07 Å². The largest absolute Gasteiger partial charge is 0.481 e. The van der Waals surface area contributed by atoms with Crippen molar-refractivity contribution < 1.29 is 14.7 Å². The van der Waals surface area contributed by atoms with Crippen LogP contribution in [0.1, 0.15) is 29.8 Å². The van der Waals surface area contributed by atoms with Crippen molar-refractivity contribution in [3.63, 3.8) is 0 Å². The van der Waals surface area contributed by atoms with Crippen molar-refractivity contribution in [2.75, 3.05) is 18.0 Å². The molecule has 1 amide bonds. The van der Waals surface area contributed by atoms with E-state index in [4.69, 9.17) is 10.8 Å². The van der Waals surface area contributed by atoms with Crippen LogP contribution in [0.15, 0.2) is 18.3 Å². The lowest BCUT2D eigenvalue weighted by atomic mass is 9.93. The molecule has 2 rings (SSSR count). The van der Waals surface area contributed by atoms with Gasteiger partial charge in [-0.2, -0.15) is 0 Å². The Morgan fingerprint density at radius 2 is 2.11 bits per heavy atom. The van der Waals surface area contributed by atoms with E-state index in [-0.39, 0.29) is 18.0 Å². The minimum Gasteiger partial charge on any atom is -0.481 e. The third kappa shape index (κ3) is 3.43. The molecule has 0 radical (unpaired) electrons. The quantitative estimate of drug-likeness (QED) is 0.840. The molecule has 2 heterocycles. The SMILES string of the molecule is NC(=O)c1cc(N2CCC(CC(=O)O)CC2)ccn1. The number of pyridine rings is 1. The molecule has 0 aliphatic carbocycles. The number of carbonyl (C=O) groups is 2. The van der Waals surface area contributed by atoms with Crippen LogP contribution in [0.5, 0.6) is 0 Å². The summed E-state index contributed by atoms with van der Waals surface area (Å²) >= 11 is 0. The molecule has 1 fully saturated rings. The number of hydrogen-bond donors (Lipinski definition) is 2. The molecule has 0 atom stereocenters. The molecule has 6 heteroatoms. The highest BCUT2D eigenvalue weighted by atomic mass is 16.4. The Hall–Kier alpha value is -2.11. The number of carboxylic acid groups (broad SMARTS) is 1. The Balaban J connectivity index is 1.99. The Labute approximate surface area is 111 Å². The second-order valence-corrected chi connectivity index (χ2v) is 4.79. The summed E-state index contributed by atoms with van der Waals surface area (Å²) in [5.41, 5.74) is 6.37. The van der Waals surface area contributed by atoms with Crippen molar-refractivity contribution in [1.82, 2.24) is 4.98 Å². The van der Waals surface area contributed by atoms with E-state index in [1.165, 1.54) is 0 Å². The number of primary amides is 1. The average Bonchev–Trinajstić information content (AvgIpc) is 2.39. The number of piperidine rings is 1. The van der Waals surface area contributed by atoms with Crippen LogP contribution in [0.3, 0.4) is 0 Å². The summed E-state index contributed by atoms with van der Waals surface area (Å²) in [7, 11) is 0. The first-order valence-electron chi connectivity index (χ1n) is 6.29. The third-order valence-electron chi connectivity index (χ3n) is 3.44. The normalized spacial score (nSPS) is 16.3. The first kappa shape index (κ1) is 13.3. The predicted molar refractivity (Wildman–Crippen MR) is 69.9 cm³/mol. The van der Waals surface area contributed by atoms with Gasteiger partial charge in [0.25, 0.3) is 5.91 Å². The van der Waals surface area contributed by atoms with Gasteiger partial charge in [0.05, 0.1) is 0 Å². The van der Waals surface area contributed by atoms with Gasteiger partial charge in [-0.1, -0.05) is 0 Å². The molecule has 0 unspecified atom stereocenters. The van der Waals surface area contributed by atoms with E-state index < -0.39 is 11.9 Å². The van der Waals surface area contributed by atoms with Gasteiger partial charge >= 0.3 is 5.97 Å². The van der Waals surface area contributed by atoms with E-state index in [2.05, 4.69) is 9.88 Å². The van der Waals surface area contributed by atoms with Crippen LogP contribution in [-0.2, 0) is 4.79 Å². The summed E-state index contributed by atoms with van der Waals surface area (Å²) in [6.07, 6.45) is 3.50. The van der Waals surface area contributed by atoms with E-state index >= 15 is 0 Å². The zero-order valence-electron chi connectivity index (χ0n) is 10.6. The molecule has 102 valence electrons. The fourth-order valence-electron chi connectivity index (χ4n) is 2.39. The molecule has 6 nitrogen and oxygen atoms in total. The van der Waals surface area contributed by atoms with Crippen LogP contribution in [0.2, 0.25) is 0 Å². The number of nitrogens with two attached hydrogens (primary N) is 1. The summed E-state index contributed by atoms with van der Waals surface area (Å²) in [5, 5.41) is 8.77. The van der Waals surface area contributed by atoms with Crippen molar-refractivity contribution in [2.45, 2.75) is 19.3 Å². The lowest BCUT2D eigenvalue weighted by Crippen LogP contribution is -2.34. The van der Waals surface area contributed by atoms with Gasteiger partial charge in [0.15, 0.2) is 0 Å². The smallest absolute Gasteiger partial charge is 0.303 e. The molecule has 0 spiro atoms. The van der Waals surface area contributed by atoms with Gasteiger partial charge in [-0.3, -0.25) is 14.6 Å². The molecule has 0 aromatic carbocycles. The van der Waals surface area contributed by atoms with Crippen LogP contribution >= 0.6 is 0 Å². The van der Waals surface area contributed by atoms with Gasteiger partial charge in [-0.05, 0) is 30.9 Å². The number of carbonyl (C=O) groups excluding carboxylic acids is 1. The minimum atomic E-state index is -0.738. The van der Waals surface area contributed by atoms with Gasteiger partial charge in [0, 0.05) is 31.4 Å². The number of amides is 1. The Bertz CT molecular complexity index is 482. The maximum absolute atomic E-state index is 11.1. The zero-order valence-corrected chi connectivity index (χ0v) is 10.6. The number of nitrogens with zero attached hydrogens (tertiary/aromatic N) is 2. The topological polar surface area (TPSA) is 96.5 Å². The molecular weight excluding hydrogens is 246 g/mol. The molecule has 1 aromatic heterocycles. The van der Waals surface area contributed by atoms with Crippen molar-refractivity contribution in [3.05, 3.63) is 24.0 Å². The predicted octanol–water partition coefficient (Wildman–Crippen LogP) is 0.872. The Kier molecular flexibility index (Phi) is 3.99. The second kappa shape index (κ2) is 5.69. The van der Waals surface area contributed by atoms with Gasteiger partial charge in [0.2, 0.25) is 0 Å². The van der Waals surface area contributed by atoms with Crippen LogP contribution < -0.4 is 10.6 Å². The number of aliphatic carboxylic acids is 1. The average molecular weight is 263 g/mol. The molecule has 19 heavy (non-hydrogen) atoms. The summed E-state index contributed by atoms with van der Waals surface area (Å²) in [5.74, 6) is -1.04. The highest BCUT2D eigenvalue weighted by molar-refractivity contribution is 5.91. The monoisotopic (exact) mass is 263 g/mol. The van der Waals surface area contributed by atoms with E-state index in [0.717, 1.165) is 31.6 Å². The molecule has 3 N–H and O–H groups in total. The highest BCUT2D eigenvalue weighted by Gasteiger charge is 2.21. The Morgan fingerprint density at radius 1 is 1.42 bits per heavy atom. The summed E-state index contributed by atoms with van der Waals surface area (Å²) < 4.78 is 0. The summed E-state index contributed by atoms with van der Waals surface area (Å²) in [4.78, 5) is 27.8. The first-order valence-corrected chi connectivity index (χ1v) is 6.29. The maximum atomic E-state index is 11.1. The minimum absolute atomic E-state index is 0.233. The Morgan fingerprint density at radius 3 is 2.68 bits per heavy atom. The van der Waals surface area contributed by atoms with Gasteiger partial charge in [-0.15, -0.1) is 0 Å². The molecule has 1 saturated heterocycles. The first-order chi connectivity index (χ1) is 9.06. The van der Waals surface area contributed by atoms with Crippen LogP contribution in [0.4, 0.5) is 5.69 Å². The van der Waals surface area contributed by atoms with Crippen LogP contribution in [-0.4, -0.2) is 35.1 Å². The molecule has 1 aliphatic rings. The van der Waals surface area contributed by atoms with Gasteiger partial charge in [0.1, 0.15) is 5.69 Å². The summed E-state index contributed by atoms with van der Waals surface area (Å²) in [6, 6.07) is 3.52. The number of rotatable bonds is 4. The second-order valence-electron chi connectivity index (χ2n) is 4.79. The third-order valence-corrected chi connectivity index (χ3v) is 3.44. The van der Waals surface area contributed by atoms with Crippen molar-refractivity contribution in [2.24, 2.45) is 11.7 Å². The van der Waals surface area contributed by atoms with Crippen LogP contribution in [0.25, 0.3) is 0 Å².